The van der Waals surface area contributed by atoms with Crippen molar-refractivity contribution in [3.8, 4) is 22.4 Å². The lowest BCUT2D eigenvalue weighted by Crippen LogP contribution is -2.62. The van der Waals surface area contributed by atoms with Crippen molar-refractivity contribution in [3.63, 3.8) is 0 Å². The lowest BCUT2D eigenvalue weighted by Gasteiger charge is -2.40. The molecule has 1 heteroatoms. The summed E-state index contributed by atoms with van der Waals surface area (Å²) >= 11 is 0. The zero-order valence-electron chi connectivity index (χ0n) is 17.7. The summed E-state index contributed by atoms with van der Waals surface area (Å²) in [5.74, 6) is 0.548. The summed E-state index contributed by atoms with van der Waals surface area (Å²) in [7, 11) is 0. The van der Waals surface area contributed by atoms with Gasteiger partial charge in [-0.3, -0.25) is 0 Å². The van der Waals surface area contributed by atoms with E-state index in [4.69, 9.17) is 0 Å². The number of nitrogens with zero attached hydrogens (tertiary/aromatic N) is 1. The third-order valence-corrected chi connectivity index (χ3v) is 7.01. The van der Waals surface area contributed by atoms with Crippen LogP contribution in [0.15, 0.2) is 66.9 Å². The summed E-state index contributed by atoms with van der Waals surface area (Å²) < 4.78 is 2.64. The second kappa shape index (κ2) is 7.54. The molecule has 1 aliphatic heterocycles. The van der Waals surface area contributed by atoms with Gasteiger partial charge in [0.05, 0.1) is 0 Å². The highest BCUT2D eigenvalue weighted by molar-refractivity contribution is 5.71. The van der Waals surface area contributed by atoms with Crippen LogP contribution in [0.25, 0.3) is 22.4 Å². The standard InChI is InChI=1S/C27H32N/c1-5-20-18-26-23-17-13-12-16-22(23)25(6-2)27(7-3,8-4)28(26)19-24(20)21-14-10-9-11-15-21/h9-19,25H,5-8H2,1-4H3/q+1. The van der Waals surface area contributed by atoms with Gasteiger partial charge in [-0.15, -0.1) is 0 Å². The largest absolute Gasteiger partial charge is 0.213 e. The Labute approximate surface area is 170 Å². The van der Waals surface area contributed by atoms with Crippen LogP contribution in [0.5, 0.6) is 0 Å². The quantitative estimate of drug-likeness (QED) is 0.430. The molecule has 1 aromatic heterocycles. The first kappa shape index (κ1) is 18.9. The van der Waals surface area contributed by atoms with Gasteiger partial charge < -0.3 is 0 Å². The van der Waals surface area contributed by atoms with E-state index >= 15 is 0 Å². The van der Waals surface area contributed by atoms with Crippen molar-refractivity contribution < 1.29 is 4.57 Å². The van der Waals surface area contributed by atoms with Gasteiger partial charge in [0.1, 0.15) is 0 Å². The summed E-state index contributed by atoms with van der Waals surface area (Å²) in [5.41, 5.74) is 8.61. The monoisotopic (exact) mass is 370 g/mol. The summed E-state index contributed by atoms with van der Waals surface area (Å²) in [6, 6.07) is 22.4. The number of pyridine rings is 1. The lowest BCUT2D eigenvalue weighted by atomic mass is 9.69. The van der Waals surface area contributed by atoms with E-state index in [9.17, 15) is 0 Å². The summed E-state index contributed by atoms with van der Waals surface area (Å²) in [6.07, 6.45) is 6.97. The van der Waals surface area contributed by atoms with Gasteiger partial charge >= 0.3 is 0 Å². The molecule has 144 valence electrons. The van der Waals surface area contributed by atoms with Crippen LogP contribution in [0.4, 0.5) is 0 Å². The average molecular weight is 371 g/mol. The molecular weight excluding hydrogens is 338 g/mol. The van der Waals surface area contributed by atoms with Gasteiger partial charge in [0.15, 0.2) is 11.7 Å². The van der Waals surface area contributed by atoms with Gasteiger partial charge in [0, 0.05) is 36.0 Å². The van der Waals surface area contributed by atoms with Crippen molar-refractivity contribution >= 4 is 0 Å². The summed E-state index contributed by atoms with van der Waals surface area (Å²) in [5, 5.41) is 0. The fourth-order valence-electron chi connectivity index (χ4n) is 5.51. The van der Waals surface area contributed by atoms with Gasteiger partial charge in [-0.1, -0.05) is 76.2 Å². The van der Waals surface area contributed by atoms with Gasteiger partial charge in [-0.25, -0.2) is 0 Å². The molecule has 0 spiro atoms. The Balaban J connectivity index is 2.07. The number of benzene rings is 2. The predicted molar refractivity (Wildman–Crippen MR) is 118 cm³/mol. The molecule has 28 heavy (non-hydrogen) atoms. The third kappa shape index (κ3) is 2.71. The van der Waals surface area contributed by atoms with E-state index < -0.39 is 0 Å². The van der Waals surface area contributed by atoms with Crippen molar-refractivity contribution in [2.75, 3.05) is 0 Å². The number of hydrogen-bond donors (Lipinski definition) is 0. The lowest BCUT2D eigenvalue weighted by molar-refractivity contribution is -0.762. The Morgan fingerprint density at radius 3 is 2.14 bits per heavy atom. The fourth-order valence-corrected chi connectivity index (χ4v) is 5.51. The van der Waals surface area contributed by atoms with E-state index in [0.717, 1.165) is 19.3 Å². The van der Waals surface area contributed by atoms with Crippen molar-refractivity contribution in [1.82, 2.24) is 0 Å². The Hall–Kier alpha value is -2.41. The first-order valence-electron chi connectivity index (χ1n) is 10.9. The van der Waals surface area contributed by atoms with E-state index in [1.165, 1.54) is 39.9 Å². The third-order valence-electron chi connectivity index (χ3n) is 7.01. The minimum Gasteiger partial charge on any atom is -0.192 e. The number of aryl methyl sites for hydroxylation is 1. The zero-order valence-corrected chi connectivity index (χ0v) is 17.7. The highest BCUT2D eigenvalue weighted by Gasteiger charge is 2.50. The minimum atomic E-state index is 0.133. The molecule has 0 radical (unpaired) electrons. The van der Waals surface area contributed by atoms with E-state index in [1.807, 2.05) is 0 Å². The Morgan fingerprint density at radius 1 is 0.821 bits per heavy atom. The van der Waals surface area contributed by atoms with Crippen molar-refractivity contribution in [1.29, 1.82) is 0 Å². The molecule has 2 aromatic carbocycles. The second-order valence-electron chi connectivity index (χ2n) is 8.05. The molecule has 2 heterocycles. The van der Waals surface area contributed by atoms with Gasteiger partial charge in [-0.2, -0.15) is 4.57 Å². The van der Waals surface area contributed by atoms with Gasteiger partial charge in [0.2, 0.25) is 5.69 Å². The average Bonchev–Trinajstić information content (AvgIpc) is 2.77. The fraction of sp³-hybridized carbons (Fsp3) is 0.370. The molecule has 0 bridgehead atoms. The van der Waals surface area contributed by atoms with Gasteiger partial charge in [0.25, 0.3) is 0 Å². The van der Waals surface area contributed by atoms with E-state index in [2.05, 4.69) is 99.1 Å². The molecule has 0 saturated carbocycles. The van der Waals surface area contributed by atoms with E-state index in [1.54, 1.807) is 0 Å². The molecule has 0 fully saturated rings. The molecule has 0 saturated heterocycles. The Kier molecular flexibility index (Phi) is 5.10. The van der Waals surface area contributed by atoms with Crippen molar-refractivity contribution in [3.05, 3.63) is 78.0 Å². The molecule has 1 atom stereocenters. The molecule has 0 aliphatic carbocycles. The second-order valence-corrected chi connectivity index (χ2v) is 8.05. The smallest absolute Gasteiger partial charge is 0.192 e. The van der Waals surface area contributed by atoms with Crippen molar-refractivity contribution in [2.45, 2.75) is 64.8 Å². The van der Waals surface area contributed by atoms with Crippen LogP contribution in [0.3, 0.4) is 0 Å². The number of rotatable bonds is 5. The number of fused-ring (bicyclic) bond motifs is 3. The molecule has 4 rings (SSSR count). The first-order chi connectivity index (χ1) is 13.7. The summed E-state index contributed by atoms with van der Waals surface area (Å²) in [4.78, 5) is 0. The zero-order chi connectivity index (χ0) is 19.7. The topological polar surface area (TPSA) is 3.88 Å². The number of aromatic nitrogens is 1. The maximum absolute atomic E-state index is 2.64. The molecular formula is C27H32N+. The van der Waals surface area contributed by atoms with Crippen LogP contribution < -0.4 is 4.57 Å². The van der Waals surface area contributed by atoms with Crippen LogP contribution >= 0.6 is 0 Å². The Bertz CT molecular complexity index is 967. The maximum Gasteiger partial charge on any atom is 0.213 e. The molecule has 1 unspecified atom stereocenters. The van der Waals surface area contributed by atoms with Crippen LogP contribution in [0.2, 0.25) is 0 Å². The van der Waals surface area contributed by atoms with Gasteiger partial charge in [-0.05, 0) is 35.6 Å². The van der Waals surface area contributed by atoms with Crippen LogP contribution in [0, 0.1) is 0 Å². The Morgan fingerprint density at radius 2 is 1.50 bits per heavy atom. The molecule has 1 nitrogen and oxygen atoms in total. The minimum absolute atomic E-state index is 0.133. The normalized spacial score (nSPS) is 17.1. The highest BCUT2D eigenvalue weighted by Crippen LogP contribution is 2.47. The van der Waals surface area contributed by atoms with Crippen molar-refractivity contribution in [2.24, 2.45) is 0 Å². The van der Waals surface area contributed by atoms with Crippen LogP contribution in [-0.2, 0) is 12.0 Å². The SMILES string of the molecule is CCc1cc2[n+](cc1-c1ccccc1)C(CC)(CC)C(CC)c1ccccc1-2. The van der Waals surface area contributed by atoms with Crippen LogP contribution in [-0.4, -0.2) is 0 Å². The highest BCUT2D eigenvalue weighted by atomic mass is 15.1. The maximum atomic E-state index is 2.64. The molecule has 1 aliphatic rings. The van der Waals surface area contributed by atoms with E-state index in [-0.39, 0.29) is 5.54 Å². The first-order valence-corrected chi connectivity index (χ1v) is 10.9. The molecule has 3 aromatic rings. The predicted octanol–water partition coefficient (Wildman–Crippen LogP) is 6.89. The summed E-state index contributed by atoms with van der Waals surface area (Å²) in [6.45, 7) is 9.36. The molecule has 0 N–H and O–H groups in total. The molecule has 0 amide bonds. The van der Waals surface area contributed by atoms with Crippen LogP contribution in [0.1, 0.15) is 64.0 Å². The van der Waals surface area contributed by atoms with E-state index in [0.29, 0.717) is 5.92 Å². The number of hydrogen-bond acceptors (Lipinski definition) is 0.